The number of halogens is 1. The molecule has 25 heavy (non-hydrogen) atoms. The Hall–Kier alpha value is -1.65. The first-order valence-electron chi connectivity index (χ1n) is 8.46. The van der Waals surface area contributed by atoms with Gasteiger partial charge in [0.1, 0.15) is 6.10 Å². The van der Waals surface area contributed by atoms with Crippen LogP contribution in [0.2, 0.25) is 0 Å². The number of benzene rings is 1. The van der Waals surface area contributed by atoms with E-state index in [0.717, 1.165) is 21.2 Å². The molecular weight excluding hydrogens is 380 g/mol. The lowest BCUT2D eigenvalue weighted by Gasteiger charge is -2.53. The Labute approximate surface area is 156 Å². The number of esters is 1. The van der Waals surface area contributed by atoms with E-state index < -0.39 is 5.41 Å². The van der Waals surface area contributed by atoms with E-state index in [1.807, 2.05) is 19.1 Å². The van der Waals surface area contributed by atoms with Gasteiger partial charge in [0, 0.05) is 21.7 Å². The minimum absolute atomic E-state index is 0.0650. The molecule has 0 N–H and O–H groups in total. The van der Waals surface area contributed by atoms with Crippen LogP contribution < -0.4 is 0 Å². The Bertz CT molecular complexity index is 809. The van der Waals surface area contributed by atoms with Crippen molar-refractivity contribution in [1.82, 2.24) is 0 Å². The summed E-state index contributed by atoms with van der Waals surface area (Å²) in [6.07, 6.45) is -0.0103. The Balaban J connectivity index is 1.61. The van der Waals surface area contributed by atoms with Crippen LogP contribution in [0, 0.1) is 17.3 Å². The third-order valence-electron chi connectivity index (χ3n) is 6.30. The number of carbonyl (C=O) groups is 1. The normalized spacial score (nSPS) is 36.8. The van der Waals surface area contributed by atoms with E-state index in [0.29, 0.717) is 5.56 Å². The minimum Gasteiger partial charge on any atom is -0.458 e. The summed E-state index contributed by atoms with van der Waals surface area (Å²) < 4.78 is 12.7. The molecule has 4 fully saturated rings. The molecule has 0 spiro atoms. The van der Waals surface area contributed by atoms with Crippen molar-refractivity contribution in [1.29, 1.82) is 0 Å². The monoisotopic (exact) mass is 400 g/mol. The summed E-state index contributed by atoms with van der Waals surface area (Å²) in [6.45, 7) is 16.8. The smallest absolute Gasteiger partial charge is 0.338 e. The molecule has 4 heteroatoms. The maximum absolute atomic E-state index is 12.6. The molecule has 0 aromatic heterocycles. The Kier molecular flexibility index (Phi) is 3.64. The van der Waals surface area contributed by atoms with Gasteiger partial charge in [0.2, 0.25) is 0 Å². The molecule has 1 saturated heterocycles. The van der Waals surface area contributed by atoms with Crippen LogP contribution in [0.15, 0.2) is 65.2 Å². The number of ether oxygens (including phenoxy) is 2. The molecule has 3 aliphatic carbocycles. The van der Waals surface area contributed by atoms with Crippen molar-refractivity contribution in [2.75, 3.05) is 0 Å². The van der Waals surface area contributed by atoms with E-state index in [1.54, 1.807) is 12.1 Å². The molecule has 0 radical (unpaired) electrons. The first-order valence-corrected chi connectivity index (χ1v) is 9.25. The second kappa shape index (κ2) is 5.42. The molecule has 1 aromatic rings. The van der Waals surface area contributed by atoms with Crippen molar-refractivity contribution in [3.05, 3.63) is 70.8 Å². The zero-order valence-corrected chi connectivity index (χ0v) is 16.0. The van der Waals surface area contributed by atoms with Crippen molar-refractivity contribution in [2.24, 2.45) is 17.3 Å². The molecule has 3 nitrogen and oxygen atoms in total. The van der Waals surface area contributed by atoms with Crippen LogP contribution in [0.4, 0.5) is 0 Å². The highest BCUT2D eigenvalue weighted by Gasteiger charge is 2.69. The maximum Gasteiger partial charge on any atom is 0.338 e. The molecule has 4 aliphatic rings. The van der Waals surface area contributed by atoms with Crippen molar-refractivity contribution in [3.8, 4) is 0 Å². The average Bonchev–Trinajstić information content (AvgIpc) is 3.34. The standard InChI is InChI=1S/C21H21BrO3/c1-10-11(2)17-19-18(25-19)16(10)12(3)21(17,5)13(4)24-20(23)14-6-8-15(22)9-7-14/h6-9,13,16-19H,1-3H2,4-5H3. The highest BCUT2D eigenvalue weighted by molar-refractivity contribution is 9.10. The highest BCUT2D eigenvalue weighted by Crippen LogP contribution is 2.66. The van der Waals surface area contributed by atoms with Gasteiger partial charge in [-0.2, -0.15) is 0 Å². The molecule has 130 valence electrons. The van der Waals surface area contributed by atoms with Crippen molar-refractivity contribution >= 4 is 21.9 Å². The summed E-state index contributed by atoms with van der Waals surface area (Å²) in [7, 11) is 0. The van der Waals surface area contributed by atoms with Crippen LogP contribution in [0.25, 0.3) is 0 Å². The van der Waals surface area contributed by atoms with E-state index in [4.69, 9.17) is 9.47 Å². The zero-order chi connectivity index (χ0) is 18.1. The van der Waals surface area contributed by atoms with Crippen LogP contribution in [0.1, 0.15) is 24.2 Å². The maximum atomic E-state index is 12.6. The average molecular weight is 401 g/mol. The van der Waals surface area contributed by atoms with Gasteiger partial charge in [-0.25, -0.2) is 4.79 Å². The molecule has 1 heterocycles. The Morgan fingerprint density at radius 3 is 2.48 bits per heavy atom. The summed E-state index contributed by atoms with van der Waals surface area (Å²) in [6, 6.07) is 7.17. The number of epoxide rings is 1. The van der Waals surface area contributed by atoms with E-state index in [1.165, 1.54) is 0 Å². The molecular formula is C21H21BrO3. The fourth-order valence-electron chi connectivity index (χ4n) is 4.57. The topological polar surface area (TPSA) is 38.8 Å². The van der Waals surface area contributed by atoms with Crippen LogP contribution >= 0.6 is 15.9 Å². The molecule has 1 aromatic carbocycles. The fourth-order valence-corrected chi connectivity index (χ4v) is 4.83. The number of carbonyl (C=O) groups excluding carboxylic acids is 1. The van der Waals surface area contributed by atoms with Gasteiger partial charge in [0.15, 0.2) is 0 Å². The molecule has 6 atom stereocenters. The Morgan fingerprint density at radius 1 is 1.20 bits per heavy atom. The summed E-state index contributed by atoms with van der Waals surface area (Å²) in [5.74, 6) is -0.176. The Morgan fingerprint density at radius 2 is 1.84 bits per heavy atom. The van der Waals surface area contributed by atoms with Gasteiger partial charge in [0.05, 0.1) is 17.8 Å². The van der Waals surface area contributed by atoms with Gasteiger partial charge < -0.3 is 9.47 Å². The summed E-state index contributed by atoms with van der Waals surface area (Å²) in [4.78, 5) is 12.6. The summed E-state index contributed by atoms with van der Waals surface area (Å²) in [5.41, 5.74) is 3.23. The third-order valence-corrected chi connectivity index (χ3v) is 6.83. The first kappa shape index (κ1) is 16.8. The SMILES string of the molecule is C=C1C(=C)C2C3OC3C1C(=C)C2(C)C(C)OC(=O)c1ccc(Br)cc1. The van der Waals surface area contributed by atoms with Gasteiger partial charge in [-0.15, -0.1) is 0 Å². The molecule has 3 saturated carbocycles. The van der Waals surface area contributed by atoms with E-state index in [-0.39, 0.29) is 36.1 Å². The number of fused-ring (bicyclic) bond motifs is 2. The predicted octanol–water partition coefficient (Wildman–Crippen LogP) is 4.70. The lowest BCUT2D eigenvalue weighted by Crippen LogP contribution is -2.54. The van der Waals surface area contributed by atoms with Gasteiger partial charge in [-0.05, 0) is 42.3 Å². The number of hydrogen-bond donors (Lipinski definition) is 0. The second-order valence-corrected chi connectivity index (χ2v) is 8.35. The third kappa shape index (κ3) is 2.24. The summed E-state index contributed by atoms with van der Waals surface area (Å²) >= 11 is 3.37. The fraction of sp³-hybridized carbons (Fsp3) is 0.381. The van der Waals surface area contributed by atoms with E-state index in [9.17, 15) is 4.79 Å². The van der Waals surface area contributed by atoms with Gasteiger partial charge in [0.25, 0.3) is 0 Å². The second-order valence-electron chi connectivity index (χ2n) is 7.43. The molecule has 2 bridgehead atoms. The van der Waals surface area contributed by atoms with Gasteiger partial charge in [-0.3, -0.25) is 0 Å². The van der Waals surface area contributed by atoms with Crippen LogP contribution in [0.5, 0.6) is 0 Å². The quantitative estimate of drug-likeness (QED) is 0.419. The van der Waals surface area contributed by atoms with Crippen LogP contribution in [0.3, 0.4) is 0 Å². The number of rotatable bonds is 3. The molecule has 5 rings (SSSR count). The first-order chi connectivity index (χ1) is 11.8. The zero-order valence-electron chi connectivity index (χ0n) is 14.4. The molecule has 0 amide bonds. The van der Waals surface area contributed by atoms with Gasteiger partial charge >= 0.3 is 5.97 Å². The van der Waals surface area contributed by atoms with Gasteiger partial charge in [-0.1, -0.05) is 48.2 Å². The highest BCUT2D eigenvalue weighted by atomic mass is 79.9. The largest absolute Gasteiger partial charge is 0.458 e. The molecule has 6 unspecified atom stereocenters. The van der Waals surface area contributed by atoms with E-state index >= 15 is 0 Å². The van der Waals surface area contributed by atoms with Crippen LogP contribution in [-0.4, -0.2) is 24.3 Å². The van der Waals surface area contributed by atoms with Crippen LogP contribution in [-0.2, 0) is 9.47 Å². The lowest BCUT2D eigenvalue weighted by molar-refractivity contribution is -0.0190. The lowest BCUT2D eigenvalue weighted by atomic mass is 9.50. The van der Waals surface area contributed by atoms with E-state index in [2.05, 4.69) is 42.6 Å². The predicted molar refractivity (Wildman–Crippen MR) is 100 cm³/mol. The molecule has 1 aliphatic heterocycles. The van der Waals surface area contributed by atoms with Crippen molar-refractivity contribution < 1.29 is 14.3 Å². The summed E-state index contributed by atoms with van der Waals surface area (Å²) in [5, 5.41) is 0. The number of hydrogen-bond acceptors (Lipinski definition) is 3. The van der Waals surface area contributed by atoms with Crippen molar-refractivity contribution in [2.45, 2.75) is 32.2 Å². The van der Waals surface area contributed by atoms with Crippen molar-refractivity contribution in [3.63, 3.8) is 0 Å². The minimum atomic E-state index is -0.397.